The molecule has 0 spiro atoms. The zero-order valence-corrected chi connectivity index (χ0v) is 10.1. The molecule has 80 valence electrons. The lowest BCUT2D eigenvalue weighted by Crippen LogP contribution is -2.29. The summed E-state index contributed by atoms with van der Waals surface area (Å²) in [6.07, 6.45) is 4.39. The molecular weight excluding hydrogens is 192 g/mol. The molecule has 0 aliphatic heterocycles. The number of thiazole rings is 1. The van der Waals surface area contributed by atoms with Crippen LogP contribution in [0.2, 0.25) is 0 Å². The van der Waals surface area contributed by atoms with Gasteiger partial charge in [0.05, 0.1) is 5.51 Å². The Kier molecular flexibility index (Phi) is 5.12. The summed E-state index contributed by atoms with van der Waals surface area (Å²) in [6, 6.07) is 0.588. The van der Waals surface area contributed by atoms with Crippen molar-refractivity contribution in [1.29, 1.82) is 0 Å². The van der Waals surface area contributed by atoms with Crippen LogP contribution < -0.4 is 5.32 Å². The fourth-order valence-electron chi connectivity index (χ4n) is 1.39. The molecule has 0 saturated heterocycles. The first kappa shape index (κ1) is 11.7. The zero-order valence-electron chi connectivity index (χ0n) is 9.29. The largest absolute Gasteiger partial charge is 0.314 e. The Labute approximate surface area is 90.8 Å². The molecule has 1 aromatic heterocycles. The molecule has 1 aromatic rings. The SMILES string of the molecule is CCC(CNC(C)C)Cc1cncs1. The maximum absolute atomic E-state index is 4.10. The molecule has 1 unspecified atom stereocenters. The van der Waals surface area contributed by atoms with E-state index in [1.165, 1.54) is 17.7 Å². The molecule has 0 aromatic carbocycles. The zero-order chi connectivity index (χ0) is 10.4. The van der Waals surface area contributed by atoms with Crippen LogP contribution >= 0.6 is 11.3 Å². The summed E-state index contributed by atoms with van der Waals surface area (Å²) in [5.74, 6) is 0.748. The maximum atomic E-state index is 4.10. The molecule has 0 radical (unpaired) electrons. The normalized spacial score (nSPS) is 13.4. The van der Waals surface area contributed by atoms with E-state index in [4.69, 9.17) is 0 Å². The predicted molar refractivity (Wildman–Crippen MR) is 62.7 cm³/mol. The lowest BCUT2D eigenvalue weighted by atomic mass is 10.0. The first-order valence-electron chi connectivity index (χ1n) is 5.33. The molecule has 3 heteroatoms. The average molecular weight is 212 g/mol. The van der Waals surface area contributed by atoms with Gasteiger partial charge in [-0.05, 0) is 18.9 Å². The smallest absolute Gasteiger partial charge is 0.0794 e. The fourth-order valence-corrected chi connectivity index (χ4v) is 2.10. The summed E-state index contributed by atoms with van der Waals surface area (Å²) in [4.78, 5) is 5.51. The summed E-state index contributed by atoms with van der Waals surface area (Å²) in [5.41, 5.74) is 1.91. The quantitative estimate of drug-likeness (QED) is 0.784. The van der Waals surface area contributed by atoms with Crippen molar-refractivity contribution in [2.45, 2.75) is 39.7 Å². The highest BCUT2D eigenvalue weighted by Crippen LogP contribution is 2.14. The van der Waals surface area contributed by atoms with Crippen molar-refractivity contribution in [2.75, 3.05) is 6.54 Å². The molecule has 1 heterocycles. The number of hydrogen-bond donors (Lipinski definition) is 1. The molecular formula is C11H20N2S. The Bertz CT molecular complexity index is 231. The topological polar surface area (TPSA) is 24.9 Å². The Morgan fingerprint density at radius 3 is 2.79 bits per heavy atom. The van der Waals surface area contributed by atoms with Crippen LogP contribution in [0, 0.1) is 5.92 Å². The molecule has 14 heavy (non-hydrogen) atoms. The van der Waals surface area contributed by atoms with Crippen molar-refractivity contribution in [2.24, 2.45) is 5.92 Å². The van der Waals surface area contributed by atoms with Gasteiger partial charge in [-0.25, -0.2) is 0 Å². The first-order valence-corrected chi connectivity index (χ1v) is 6.21. The molecule has 0 bridgehead atoms. The Morgan fingerprint density at radius 1 is 1.50 bits per heavy atom. The highest BCUT2D eigenvalue weighted by molar-refractivity contribution is 7.09. The minimum atomic E-state index is 0.588. The molecule has 1 rings (SSSR count). The lowest BCUT2D eigenvalue weighted by Gasteiger charge is -2.16. The van der Waals surface area contributed by atoms with Gasteiger partial charge in [0.1, 0.15) is 0 Å². The predicted octanol–water partition coefficient (Wildman–Crippen LogP) is 2.71. The summed E-state index contributed by atoms with van der Waals surface area (Å²) in [7, 11) is 0. The second kappa shape index (κ2) is 6.14. The third-order valence-corrected chi connectivity index (χ3v) is 3.17. The third kappa shape index (κ3) is 4.20. The van der Waals surface area contributed by atoms with E-state index in [0.29, 0.717) is 6.04 Å². The van der Waals surface area contributed by atoms with Gasteiger partial charge in [0.15, 0.2) is 0 Å². The van der Waals surface area contributed by atoms with Gasteiger partial charge in [-0.15, -0.1) is 11.3 Å². The summed E-state index contributed by atoms with van der Waals surface area (Å²) in [6.45, 7) is 7.76. The Balaban J connectivity index is 2.32. The number of hydrogen-bond acceptors (Lipinski definition) is 3. The van der Waals surface area contributed by atoms with Gasteiger partial charge in [-0.1, -0.05) is 27.2 Å². The van der Waals surface area contributed by atoms with Crippen LogP contribution in [-0.4, -0.2) is 17.6 Å². The van der Waals surface area contributed by atoms with Crippen molar-refractivity contribution in [3.63, 3.8) is 0 Å². The Morgan fingerprint density at radius 2 is 2.29 bits per heavy atom. The van der Waals surface area contributed by atoms with Gasteiger partial charge in [-0.3, -0.25) is 4.98 Å². The van der Waals surface area contributed by atoms with E-state index in [-0.39, 0.29) is 0 Å². The molecule has 1 N–H and O–H groups in total. The monoisotopic (exact) mass is 212 g/mol. The number of rotatable bonds is 6. The summed E-state index contributed by atoms with van der Waals surface area (Å²) in [5, 5.41) is 3.49. The number of aromatic nitrogens is 1. The minimum Gasteiger partial charge on any atom is -0.314 e. The summed E-state index contributed by atoms with van der Waals surface area (Å²) >= 11 is 1.76. The van der Waals surface area contributed by atoms with Crippen molar-refractivity contribution in [3.8, 4) is 0 Å². The fraction of sp³-hybridized carbons (Fsp3) is 0.727. The van der Waals surface area contributed by atoms with Gasteiger partial charge < -0.3 is 5.32 Å². The third-order valence-electron chi connectivity index (χ3n) is 2.37. The number of nitrogens with zero attached hydrogens (tertiary/aromatic N) is 1. The van der Waals surface area contributed by atoms with E-state index >= 15 is 0 Å². The minimum absolute atomic E-state index is 0.588. The van der Waals surface area contributed by atoms with Crippen LogP contribution in [0.3, 0.4) is 0 Å². The van der Waals surface area contributed by atoms with Crippen molar-refractivity contribution < 1.29 is 0 Å². The highest BCUT2D eigenvalue weighted by atomic mass is 32.1. The van der Waals surface area contributed by atoms with Crippen molar-refractivity contribution in [3.05, 3.63) is 16.6 Å². The second-order valence-electron chi connectivity index (χ2n) is 4.01. The van der Waals surface area contributed by atoms with Gasteiger partial charge in [0, 0.05) is 17.1 Å². The Hall–Kier alpha value is -0.410. The van der Waals surface area contributed by atoms with Crippen molar-refractivity contribution >= 4 is 11.3 Å². The standard InChI is InChI=1S/C11H20N2S/c1-4-10(6-13-9(2)3)5-11-7-12-8-14-11/h7-10,13H,4-6H2,1-3H3. The number of nitrogens with one attached hydrogen (secondary N) is 1. The van der Waals surface area contributed by atoms with Crippen molar-refractivity contribution in [1.82, 2.24) is 10.3 Å². The maximum Gasteiger partial charge on any atom is 0.0794 e. The first-order chi connectivity index (χ1) is 6.72. The molecule has 1 atom stereocenters. The van der Waals surface area contributed by atoms with E-state index in [9.17, 15) is 0 Å². The van der Waals surface area contributed by atoms with Gasteiger partial charge in [-0.2, -0.15) is 0 Å². The van der Waals surface area contributed by atoms with E-state index < -0.39 is 0 Å². The average Bonchev–Trinajstić information content (AvgIpc) is 2.64. The van der Waals surface area contributed by atoms with Crippen LogP contribution in [-0.2, 0) is 6.42 Å². The van der Waals surface area contributed by atoms with Gasteiger partial charge in [0.2, 0.25) is 0 Å². The van der Waals surface area contributed by atoms with E-state index in [0.717, 1.165) is 12.5 Å². The highest BCUT2D eigenvalue weighted by Gasteiger charge is 2.08. The molecule has 0 amide bonds. The van der Waals surface area contributed by atoms with E-state index in [1.807, 2.05) is 11.7 Å². The second-order valence-corrected chi connectivity index (χ2v) is 4.98. The van der Waals surface area contributed by atoms with Gasteiger partial charge >= 0.3 is 0 Å². The van der Waals surface area contributed by atoms with E-state index in [2.05, 4.69) is 31.1 Å². The summed E-state index contributed by atoms with van der Waals surface area (Å²) < 4.78 is 0. The lowest BCUT2D eigenvalue weighted by molar-refractivity contribution is 0.438. The van der Waals surface area contributed by atoms with Gasteiger partial charge in [0.25, 0.3) is 0 Å². The molecule has 0 fully saturated rings. The van der Waals surface area contributed by atoms with Crippen LogP contribution in [0.1, 0.15) is 32.1 Å². The molecule has 0 aliphatic carbocycles. The molecule has 0 saturated carbocycles. The molecule has 0 aliphatic rings. The van der Waals surface area contributed by atoms with Crippen LogP contribution in [0.5, 0.6) is 0 Å². The molecule has 2 nitrogen and oxygen atoms in total. The van der Waals surface area contributed by atoms with Crippen LogP contribution in [0.4, 0.5) is 0 Å². The van der Waals surface area contributed by atoms with E-state index in [1.54, 1.807) is 11.3 Å². The van der Waals surface area contributed by atoms with Crippen LogP contribution in [0.15, 0.2) is 11.7 Å². The van der Waals surface area contributed by atoms with Crippen LogP contribution in [0.25, 0.3) is 0 Å².